The molecule has 0 amide bonds. The van der Waals surface area contributed by atoms with Crippen LogP contribution in [-0.4, -0.2) is 23.0 Å². The Balaban J connectivity index is 1.80. The first-order chi connectivity index (χ1) is 13.9. The third kappa shape index (κ3) is 3.92. The smallest absolute Gasteiger partial charge is 0.339 e. The molecule has 29 heavy (non-hydrogen) atoms. The number of fused-ring (bicyclic) bond motifs is 1. The predicted octanol–water partition coefficient (Wildman–Crippen LogP) is 5.57. The van der Waals surface area contributed by atoms with Gasteiger partial charge in [0.25, 0.3) is 0 Å². The van der Waals surface area contributed by atoms with Crippen LogP contribution in [-0.2, 0) is 9.67 Å². The molecule has 2 unspecified atom stereocenters. The summed E-state index contributed by atoms with van der Waals surface area (Å²) in [5.41, 5.74) is 1.19. The molecule has 0 saturated heterocycles. The minimum Gasteiger partial charge on any atom is -0.446 e. The number of hydrogen-bond acceptors (Lipinski definition) is 5. The van der Waals surface area contributed by atoms with Crippen LogP contribution in [0.15, 0.2) is 86.6 Å². The lowest BCUT2D eigenvalue weighted by Gasteiger charge is -2.38. The van der Waals surface area contributed by atoms with Gasteiger partial charge in [0.05, 0.1) is 5.56 Å². The van der Waals surface area contributed by atoms with E-state index >= 15 is 0 Å². The second-order valence-electron chi connectivity index (χ2n) is 6.46. The van der Waals surface area contributed by atoms with E-state index in [1.54, 1.807) is 72.8 Å². The van der Waals surface area contributed by atoms with Gasteiger partial charge < -0.3 is 9.84 Å². The SMILES string of the molecule is O=C(OC1C(=O)c2ccc(Br)cc2SC1(O)c1ccc(Br)cc1)c1ccccc1. The molecule has 1 heterocycles. The van der Waals surface area contributed by atoms with Gasteiger partial charge in [-0.2, -0.15) is 0 Å². The maximum Gasteiger partial charge on any atom is 0.339 e. The van der Waals surface area contributed by atoms with E-state index in [9.17, 15) is 14.7 Å². The highest BCUT2D eigenvalue weighted by Crippen LogP contribution is 2.50. The first kappa shape index (κ1) is 20.3. The third-order valence-electron chi connectivity index (χ3n) is 4.56. The van der Waals surface area contributed by atoms with E-state index in [0.717, 1.165) is 20.7 Å². The molecule has 0 fully saturated rings. The van der Waals surface area contributed by atoms with Crippen molar-refractivity contribution in [2.45, 2.75) is 15.9 Å². The molecule has 4 nitrogen and oxygen atoms in total. The monoisotopic (exact) mass is 532 g/mol. The Morgan fingerprint density at radius 3 is 2.31 bits per heavy atom. The van der Waals surface area contributed by atoms with Gasteiger partial charge in [0.1, 0.15) is 0 Å². The Hall–Kier alpha value is -1.93. The molecule has 3 aromatic carbocycles. The summed E-state index contributed by atoms with van der Waals surface area (Å²) in [5.74, 6) is -1.11. The number of aliphatic hydroxyl groups is 1. The standard InChI is InChI=1S/C22H14Br2O4S/c23-15-8-6-14(7-9-15)22(27)20(28-21(26)13-4-2-1-3-5-13)19(25)17-11-10-16(24)12-18(17)29-22/h1-12,20,27H. The van der Waals surface area contributed by atoms with Crippen molar-refractivity contribution >= 4 is 55.4 Å². The Bertz CT molecular complexity index is 1090. The van der Waals surface area contributed by atoms with E-state index in [1.165, 1.54) is 0 Å². The van der Waals surface area contributed by atoms with E-state index < -0.39 is 22.8 Å². The van der Waals surface area contributed by atoms with Gasteiger partial charge in [-0.3, -0.25) is 4.79 Å². The van der Waals surface area contributed by atoms with Gasteiger partial charge in [-0.05, 0) is 48.0 Å². The molecule has 1 aliphatic rings. The summed E-state index contributed by atoms with van der Waals surface area (Å²) in [7, 11) is 0. The topological polar surface area (TPSA) is 63.6 Å². The van der Waals surface area contributed by atoms with Crippen LogP contribution in [0.1, 0.15) is 26.3 Å². The van der Waals surface area contributed by atoms with Crippen LogP contribution in [0.3, 0.4) is 0 Å². The molecule has 0 radical (unpaired) electrons. The van der Waals surface area contributed by atoms with Crippen molar-refractivity contribution in [3.63, 3.8) is 0 Å². The lowest BCUT2D eigenvalue weighted by molar-refractivity contribution is -0.0274. The molecule has 0 aromatic heterocycles. The van der Waals surface area contributed by atoms with Crippen molar-refractivity contribution in [2.24, 2.45) is 0 Å². The number of Topliss-reactive ketones (excluding diaryl/α,β-unsaturated/α-hetero) is 1. The average molecular weight is 534 g/mol. The maximum absolute atomic E-state index is 13.3. The number of hydrogen-bond donors (Lipinski definition) is 1. The maximum atomic E-state index is 13.3. The molecule has 0 spiro atoms. The summed E-state index contributed by atoms with van der Waals surface area (Å²) in [4.78, 5) is 24.8. The van der Waals surface area contributed by atoms with Gasteiger partial charge in [-0.1, -0.05) is 74.0 Å². The van der Waals surface area contributed by atoms with Gasteiger partial charge in [0, 0.05) is 19.4 Å². The van der Waals surface area contributed by atoms with E-state index in [0.29, 0.717) is 21.6 Å². The highest BCUT2D eigenvalue weighted by Gasteiger charge is 2.51. The summed E-state index contributed by atoms with van der Waals surface area (Å²) in [5, 5.41) is 11.6. The molecule has 0 bridgehead atoms. The number of benzene rings is 3. The first-order valence-electron chi connectivity index (χ1n) is 8.66. The van der Waals surface area contributed by atoms with Crippen LogP contribution in [0.5, 0.6) is 0 Å². The summed E-state index contributed by atoms with van der Waals surface area (Å²) in [6.07, 6.45) is -1.39. The molecular weight excluding hydrogens is 520 g/mol. The van der Waals surface area contributed by atoms with Gasteiger partial charge in [-0.15, -0.1) is 0 Å². The Kier molecular flexibility index (Phi) is 5.66. The second-order valence-corrected chi connectivity index (χ2v) is 9.56. The van der Waals surface area contributed by atoms with Crippen LogP contribution < -0.4 is 0 Å². The quantitative estimate of drug-likeness (QED) is 0.446. The fourth-order valence-corrected chi connectivity index (χ4v) is 5.20. The number of esters is 1. The van der Waals surface area contributed by atoms with Crippen molar-refractivity contribution in [1.82, 2.24) is 0 Å². The number of carbonyl (C=O) groups is 2. The minimum absolute atomic E-state index is 0.310. The van der Waals surface area contributed by atoms with Crippen molar-refractivity contribution in [3.05, 3.63) is 98.4 Å². The minimum atomic E-state index is -1.77. The lowest BCUT2D eigenvalue weighted by Crippen LogP contribution is -2.48. The second kappa shape index (κ2) is 8.07. The molecule has 7 heteroatoms. The number of rotatable bonds is 3. The molecule has 3 aromatic rings. The number of carbonyl (C=O) groups excluding carboxylic acids is 2. The number of ketones is 1. The van der Waals surface area contributed by atoms with Crippen molar-refractivity contribution in [1.29, 1.82) is 0 Å². The van der Waals surface area contributed by atoms with Crippen LogP contribution in [0.25, 0.3) is 0 Å². The van der Waals surface area contributed by atoms with Crippen LogP contribution >= 0.6 is 43.6 Å². The Morgan fingerprint density at radius 1 is 0.966 bits per heavy atom. The van der Waals surface area contributed by atoms with Crippen molar-refractivity contribution < 1.29 is 19.4 Å². The molecular formula is C22H14Br2O4S. The van der Waals surface area contributed by atoms with Crippen LogP contribution in [0, 0.1) is 0 Å². The lowest BCUT2D eigenvalue weighted by atomic mass is 9.95. The summed E-state index contributed by atoms with van der Waals surface area (Å²) < 4.78 is 7.21. The van der Waals surface area contributed by atoms with Crippen LogP contribution in [0.2, 0.25) is 0 Å². The highest BCUT2D eigenvalue weighted by molar-refractivity contribution is 9.10. The van der Waals surface area contributed by atoms with Gasteiger partial charge in [0.2, 0.25) is 11.9 Å². The normalized spacial score (nSPS) is 20.8. The van der Waals surface area contributed by atoms with Gasteiger partial charge >= 0.3 is 5.97 Å². The van der Waals surface area contributed by atoms with Crippen LogP contribution in [0.4, 0.5) is 0 Å². The zero-order valence-corrected chi connectivity index (χ0v) is 18.8. The van der Waals surface area contributed by atoms with E-state index in [-0.39, 0.29) is 0 Å². The Labute approximate surface area is 188 Å². The van der Waals surface area contributed by atoms with Crippen molar-refractivity contribution in [3.8, 4) is 0 Å². The predicted molar refractivity (Wildman–Crippen MR) is 118 cm³/mol. The van der Waals surface area contributed by atoms with Gasteiger partial charge in [-0.25, -0.2) is 4.79 Å². The summed E-state index contributed by atoms with van der Waals surface area (Å²) >= 11 is 7.87. The number of halogens is 2. The summed E-state index contributed by atoms with van der Waals surface area (Å²) in [6.45, 7) is 0. The summed E-state index contributed by atoms with van der Waals surface area (Å²) in [6, 6.07) is 20.5. The van der Waals surface area contributed by atoms with E-state index in [2.05, 4.69) is 31.9 Å². The molecule has 4 rings (SSSR count). The van der Waals surface area contributed by atoms with E-state index in [1.807, 2.05) is 0 Å². The van der Waals surface area contributed by atoms with Crippen molar-refractivity contribution in [2.75, 3.05) is 0 Å². The molecule has 0 saturated carbocycles. The fraction of sp³-hybridized carbons (Fsp3) is 0.0909. The molecule has 1 aliphatic heterocycles. The fourth-order valence-electron chi connectivity index (χ4n) is 3.11. The molecule has 0 aliphatic carbocycles. The zero-order valence-electron chi connectivity index (χ0n) is 14.8. The zero-order chi connectivity index (χ0) is 20.6. The molecule has 1 N–H and O–H groups in total. The van der Waals surface area contributed by atoms with E-state index in [4.69, 9.17) is 4.74 Å². The average Bonchev–Trinajstić information content (AvgIpc) is 2.71. The largest absolute Gasteiger partial charge is 0.446 e. The highest BCUT2D eigenvalue weighted by atomic mass is 79.9. The Morgan fingerprint density at radius 2 is 1.62 bits per heavy atom. The molecule has 2 atom stereocenters. The number of ether oxygens (including phenoxy) is 1. The first-order valence-corrected chi connectivity index (χ1v) is 11.1. The molecule has 146 valence electrons. The van der Waals surface area contributed by atoms with Gasteiger partial charge in [0.15, 0.2) is 4.93 Å². The number of thioether (sulfide) groups is 1. The third-order valence-corrected chi connectivity index (χ3v) is 6.90.